The van der Waals surface area contributed by atoms with Crippen molar-refractivity contribution in [2.75, 3.05) is 18.0 Å². The van der Waals surface area contributed by atoms with E-state index in [2.05, 4.69) is 39.5 Å². The Balaban J connectivity index is 1.33. The standard InChI is InChI=1S/C24H28N4O2/c1-18(19-9-11-20(12-10-19)27-14-5-2-6-15-27)26-23(29)13-16-28-17-25-22-8-4-3-7-21(22)24(28)30/h3-4,7-12,17-18H,2,5-6,13-16H2,1H3,(H,26,29)/t18-/m1/s1. The van der Waals surface area contributed by atoms with Crippen LogP contribution in [0, 0.1) is 0 Å². The molecule has 2 heterocycles. The fourth-order valence-electron chi connectivity index (χ4n) is 4.01. The molecule has 2 aromatic carbocycles. The number of hydrogen-bond donors (Lipinski definition) is 1. The topological polar surface area (TPSA) is 67.2 Å². The Morgan fingerprint density at radius 2 is 1.80 bits per heavy atom. The molecule has 0 bridgehead atoms. The summed E-state index contributed by atoms with van der Waals surface area (Å²) in [4.78, 5) is 31.7. The first-order valence-corrected chi connectivity index (χ1v) is 10.7. The van der Waals surface area contributed by atoms with E-state index in [1.165, 1.54) is 35.8 Å². The van der Waals surface area contributed by atoms with Crippen molar-refractivity contribution in [1.82, 2.24) is 14.9 Å². The van der Waals surface area contributed by atoms with Crippen molar-refractivity contribution in [1.29, 1.82) is 0 Å². The van der Waals surface area contributed by atoms with Crippen molar-refractivity contribution in [2.45, 2.75) is 45.2 Å². The lowest BCUT2D eigenvalue weighted by Crippen LogP contribution is -2.30. The Bertz CT molecular complexity index is 1070. The number of anilines is 1. The highest BCUT2D eigenvalue weighted by Gasteiger charge is 2.13. The van der Waals surface area contributed by atoms with Gasteiger partial charge in [-0.15, -0.1) is 0 Å². The summed E-state index contributed by atoms with van der Waals surface area (Å²) < 4.78 is 1.50. The Morgan fingerprint density at radius 3 is 2.57 bits per heavy atom. The van der Waals surface area contributed by atoms with E-state index in [0.717, 1.165) is 18.7 Å². The molecule has 1 aliphatic heterocycles. The second-order valence-corrected chi connectivity index (χ2v) is 7.94. The van der Waals surface area contributed by atoms with Crippen LogP contribution in [0.5, 0.6) is 0 Å². The van der Waals surface area contributed by atoms with E-state index in [9.17, 15) is 9.59 Å². The summed E-state index contributed by atoms with van der Waals surface area (Å²) in [6.07, 6.45) is 5.57. The molecule has 1 fully saturated rings. The van der Waals surface area contributed by atoms with Gasteiger partial charge < -0.3 is 10.2 Å². The first-order valence-electron chi connectivity index (χ1n) is 10.7. The molecule has 1 atom stereocenters. The second-order valence-electron chi connectivity index (χ2n) is 7.94. The quantitative estimate of drug-likeness (QED) is 0.681. The van der Waals surface area contributed by atoms with Crippen molar-refractivity contribution in [2.24, 2.45) is 0 Å². The normalized spacial score (nSPS) is 15.2. The zero-order valence-electron chi connectivity index (χ0n) is 17.4. The molecule has 156 valence electrons. The molecule has 30 heavy (non-hydrogen) atoms. The van der Waals surface area contributed by atoms with Gasteiger partial charge in [-0.25, -0.2) is 4.98 Å². The van der Waals surface area contributed by atoms with E-state index in [1.54, 1.807) is 6.07 Å². The van der Waals surface area contributed by atoms with E-state index in [4.69, 9.17) is 0 Å². The molecule has 1 saturated heterocycles. The Morgan fingerprint density at radius 1 is 1.07 bits per heavy atom. The van der Waals surface area contributed by atoms with Gasteiger partial charge in [0.25, 0.3) is 5.56 Å². The molecule has 0 radical (unpaired) electrons. The third kappa shape index (κ3) is 4.53. The molecule has 0 unspecified atom stereocenters. The maximum absolute atomic E-state index is 12.5. The number of nitrogens with zero attached hydrogens (tertiary/aromatic N) is 3. The zero-order valence-corrected chi connectivity index (χ0v) is 17.4. The number of amides is 1. The molecule has 1 amide bonds. The number of nitrogens with one attached hydrogen (secondary N) is 1. The third-order valence-corrected chi connectivity index (χ3v) is 5.80. The second kappa shape index (κ2) is 9.11. The van der Waals surface area contributed by atoms with Crippen LogP contribution in [-0.4, -0.2) is 28.5 Å². The maximum atomic E-state index is 12.5. The minimum Gasteiger partial charge on any atom is -0.372 e. The van der Waals surface area contributed by atoms with Gasteiger partial charge in [-0.3, -0.25) is 14.2 Å². The molecule has 1 N–H and O–H groups in total. The number of rotatable bonds is 6. The molecule has 0 aliphatic carbocycles. The monoisotopic (exact) mass is 404 g/mol. The molecule has 3 aromatic rings. The number of hydrogen-bond acceptors (Lipinski definition) is 4. The number of para-hydroxylation sites is 1. The summed E-state index contributed by atoms with van der Waals surface area (Å²) in [6.45, 7) is 4.53. The summed E-state index contributed by atoms with van der Waals surface area (Å²) in [6, 6.07) is 15.6. The zero-order chi connectivity index (χ0) is 20.9. The smallest absolute Gasteiger partial charge is 0.261 e. The van der Waals surface area contributed by atoms with Gasteiger partial charge in [0, 0.05) is 31.7 Å². The van der Waals surface area contributed by atoms with Gasteiger partial charge in [-0.2, -0.15) is 0 Å². The van der Waals surface area contributed by atoms with Crippen LogP contribution in [0.2, 0.25) is 0 Å². The summed E-state index contributed by atoms with van der Waals surface area (Å²) in [5.41, 5.74) is 2.88. The van der Waals surface area contributed by atoms with Crippen LogP contribution in [0.1, 0.15) is 44.2 Å². The average Bonchev–Trinajstić information content (AvgIpc) is 2.79. The number of carbonyl (C=O) groups is 1. The lowest BCUT2D eigenvalue weighted by molar-refractivity contribution is -0.121. The van der Waals surface area contributed by atoms with Crippen LogP contribution >= 0.6 is 0 Å². The van der Waals surface area contributed by atoms with Gasteiger partial charge in [-0.05, 0) is 56.0 Å². The predicted molar refractivity (Wildman–Crippen MR) is 120 cm³/mol. The Kier molecular flexibility index (Phi) is 6.12. The first-order chi connectivity index (χ1) is 14.6. The van der Waals surface area contributed by atoms with Gasteiger partial charge in [0.1, 0.15) is 0 Å². The van der Waals surface area contributed by atoms with E-state index >= 15 is 0 Å². The summed E-state index contributed by atoms with van der Waals surface area (Å²) in [5, 5.41) is 3.61. The van der Waals surface area contributed by atoms with E-state index in [1.807, 2.05) is 25.1 Å². The van der Waals surface area contributed by atoms with E-state index in [0.29, 0.717) is 17.4 Å². The predicted octanol–water partition coefficient (Wildman–Crippen LogP) is 3.65. The van der Waals surface area contributed by atoms with Crippen molar-refractivity contribution >= 4 is 22.5 Å². The minimum atomic E-state index is -0.116. The third-order valence-electron chi connectivity index (χ3n) is 5.80. The van der Waals surface area contributed by atoms with Crippen LogP contribution in [0.15, 0.2) is 59.7 Å². The average molecular weight is 405 g/mol. The highest BCUT2D eigenvalue weighted by molar-refractivity contribution is 5.77. The summed E-state index contributed by atoms with van der Waals surface area (Å²) >= 11 is 0. The molecule has 6 nitrogen and oxygen atoms in total. The molecule has 1 aromatic heterocycles. The lowest BCUT2D eigenvalue weighted by atomic mass is 10.1. The van der Waals surface area contributed by atoms with Crippen LogP contribution in [0.3, 0.4) is 0 Å². The molecule has 0 spiro atoms. The minimum absolute atomic E-state index is 0.0809. The fraction of sp³-hybridized carbons (Fsp3) is 0.375. The Labute approximate surface area is 176 Å². The molecule has 6 heteroatoms. The van der Waals surface area contributed by atoms with Crippen molar-refractivity contribution in [3.05, 3.63) is 70.8 Å². The molecular weight excluding hydrogens is 376 g/mol. The maximum Gasteiger partial charge on any atom is 0.261 e. The first kappa shape index (κ1) is 20.1. The van der Waals surface area contributed by atoms with Crippen molar-refractivity contribution in [3.8, 4) is 0 Å². The number of benzene rings is 2. The molecule has 1 aliphatic rings. The number of carbonyl (C=O) groups excluding carboxylic acids is 1. The highest BCUT2D eigenvalue weighted by atomic mass is 16.2. The molecular formula is C24H28N4O2. The van der Waals surface area contributed by atoms with Crippen LogP contribution in [-0.2, 0) is 11.3 Å². The van der Waals surface area contributed by atoms with Gasteiger partial charge in [0.05, 0.1) is 23.3 Å². The molecule has 4 rings (SSSR count). The molecule has 0 saturated carbocycles. The van der Waals surface area contributed by atoms with Gasteiger partial charge >= 0.3 is 0 Å². The van der Waals surface area contributed by atoms with E-state index < -0.39 is 0 Å². The highest BCUT2D eigenvalue weighted by Crippen LogP contribution is 2.22. The van der Waals surface area contributed by atoms with Gasteiger partial charge in [0.2, 0.25) is 5.91 Å². The number of aromatic nitrogens is 2. The van der Waals surface area contributed by atoms with Gasteiger partial charge in [0.15, 0.2) is 0 Å². The van der Waals surface area contributed by atoms with Crippen LogP contribution < -0.4 is 15.8 Å². The van der Waals surface area contributed by atoms with Crippen molar-refractivity contribution in [3.63, 3.8) is 0 Å². The van der Waals surface area contributed by atoms with Crippen LogP contribution in [0.4, 0.5) is 5.69 Å². The largest absolute Gasteiger partial charge is 0.372 e. The summed E-state index contributed by atoms with van der Waals surface area (Å²) in [7, 11) is 0. The SMILES string of the molecule is C[C@@H](NC(=O)CCn1cnc2ccccc2c1=O)c1ccc(N2CCCCC2)cc1. The van der Waals surface area contributed by atoms with Crippen molar-refractivity contribution < 1.29 is 4.79 Å². The Hall–Kier alpha value is -3.15. The fourth-order valence-corrected chi connectivity index (χ4v) is 4.01. The van der Waals surface area contributed by atoms with Gasteiger partial charge in [-0.1, -0.05) is 24.3 Å². The number of aryl methyl sites for hydroxylation is 1. The van der Waals surface area contributed by atoms with Crippen LogP contribution in [0.25, 0.3) is 10.9 Å². The number of fused-ring (bicyclic) bond motifs is 1. The summed E-state index contributed by atoms with van der Waals surface area (Å²) in [5.74, 6) is -0.0809. The lowest BCUT2D eigenvalue weighted by Gasteiger charge is -2.29. The number of piperidine rings is 1. The van der Waals surface area contributed by atoms with E-state index in [-0.39, 0.29) is 23.9 Å².